The van der Waals surface area contributed by atoms with Crippen LogP contribution in [0, 0.1) is 17.3 Å². The van der Waals surface area contributed by atoms with E-state index in [0.29, 0.717) is 17.9 Å². The lowest BCUT2D eigenvalue weighted by Crippen LogP contribution is -2.49. The van der Waals surface area contributed by atoms with Crippen LogP contribution in [0.25, 0.3) is 0 Å². The van der Waals surface area contributed by atoms with E-state index in [1.807, 2.05) is 13.8 Å². The molecule has 3 aliphatic rings. The van der Waals surface area contributed by atoms with Crippen LogP contribution in [0.4, 0.5) is 0 Å². The van der Waals surface area contributed by atoms with Crippen LogP contribution in [0.5, 0.6) is 0 Å². The zero-order valence-electron chi connectivity index (χ0n) is 13.6. The molecule has 2 bridgehead atoms. The fourth-order valence-corrected chi connectivity index (χ4v) is 4.61. The fourth-order valence-electron chi connectivity index (χ4n) is 4.61. The van der Waals surface area contributed by atoms with Gasteiger partial charge in [-0.3, -0.25) is 9.59 Å². The Morgan fingerprint density at radius 2 is 2.05 bits per heavy atom. The van der Waals surface area contributed by atoms with Crippen molar-refractivity contribution in [2.24, 2.45) is 17.3 Å². The average Bonchev–Trinajstić information content (AvgIpc) is 2.70. The summed E-state index contributed by atoms with van der Waals surface area (Å²) in [4.78, 5) is 24.6. The second-order valence-corrected chi connectivity index (χ2v) is 8.06. The molecule has 3 rings (SSSR count). The molecule has 0 unspecified atom stereocenters. The van der Waals surface area contributed by atoms with E-state index in [9.17, 15) is 9.59 Å². The first-order chi connectivity index (χ1) is 9.75. The summed E-state index contributed by atoms with van der Waals surface area (Å²) < 4.78 is 6.35. The average molecular weight is 290 g/mol. The van der Waals surface area contributed by atoms with Crippen molar-refractivity contribution in [3.05, 3.63) is 11.6 Å². The molecular formula is C18H26O3. The minimum Gasteiger partial charge on any atom is -0.366 e. The molecule has 0 amide bonds. The van der Waals surface area contributed by atoms with Gasteiger partial charge in [0.2, 0.25) is 0 Å². The molecule has 0 radical (unpaired) electrons. The van der Waals surface area contributed by atoms with Crippen molar-refractivity contribution in [2.45, 2.75) is 71.5 Å². The van der Waals surface area contributed by atoms with Gasteiger partial charge in [-0.2, -0.15) is 0 Å². The van der Waals surface area contributed by atoms with Gasteiger partial charge in [0.05, 0.1) is 11.7 Å². The molecule has 3 nitrogen and oxygen atoms in total. The fraction of sp³-hybridized carbons (Fsp3) is 0.778. The van der Waals surface area contributed by atoms with Gasteiger partial charge in [-0.15, -0.1) is 0 Å². The molecule has 2 aliphatic heterocycles. The molecule has 3 atom stereocenters. The summed E-state index contributed by atoms with van der Waals surface area (Å²) in [6, 6.07) is 0. The standard InChI is InChI=1S/C18H26O3/c1-11(2)13(19)8-12-14(20)10-18-7-5-6-17(3,4)16(18)9-15(12)21-18/h8,11,15-16H,5-7,9-10H2,1-4H3/b12-8+/t15-,16-,18-/m0/s1. The minimum atomic E-state index is -0.248. The zero-order chi connectivity index (χ0) is 15.4. The number of carbonyl (C=O) groups excluding carboxylic acids is 2. The third-order valence-corrected chi connectivity index (χ3v) is 5.82. The zero-order valence-corrected chi connectivity index (χ0v) is 13.6. The van der Waals surface area contributed by atoms with Crippen LogP contribution in [0.1, 0.15) is 59.8 Å². The first kappa shape index (κ1) is 15.0. The number of ether oxygens (including phenoxy) is 1. The molecule has 2 heterocycles. The SMILES string of the molecule is CC(C)C(=O)/C=C1\C(=O)C[C@@]23CCCC(C)(C)[C@@H]2C[C@@H]1O3. The van der Waals surface area contributed by atoms with E-state index >= 15 is 0 Å². The van der Waals surface area contributed by atoms with Crippen LogP contribution in [0.2, 0.25) is 0 Å². The molecule has 2 saturated heterocycles. The van der Waals surface area contributed by atoms with Gasteiger partial charge >= 0.3 is 0 Å². The summed E-state index contributed by atoms with van der Waals surface area (Å²) in [6.07, 6.45) is 6.10. The van der Waals surface area contributed by atoms with Gasteiger partial charge in [0.25, 0.3) is 0 Å². The molecule has 3 heteroatoms. The summed E-state index contributed by atoms with van der Waals surface area (Å²) in [7, 11) is 0. The highest BCUT2D eigenvalue weighted by Crippen LogP contribution is 2.59. The van der Waals surface area contributed by atoms with Gasteiger partial charge < -0.3 is 4.74 Å². The number of rotatable bonds is 2. The number of hydrogen-bond acceptors (Lipinski definition) is 3. The number of fused-ring (bicyclic) bond motifs is 1. The van der Waals surface area contributed by atoms with E-state index in [-0.39, 0.29) is 34.6 Å². The highest BCUT2D eigenvalue weighted by molar-refractivity contribution is 6.05. The Hall–Kier alpha value is -0.960. The lowest BCUT2D eigenvalue weighted by atomic mass is 9.60. The van der Waals surface area contributed by atoms with Crippen LogP contribution in [-0.4, -0.2) is 23.3 Å². The van der Waals surface area contributed by atoms with E-state index in [1.165, 1.54) is 6.42 Å². The maximum Gasteiger partial charge on any atom is 0.164 e. The largest absolute Gasteiger partial charge is 0.366 e. The Labute approximate surface area is 127 Å². The Bertz CT molecular complexity index is 515. The highest BCUT2D eigenvalue weighted by Gasteiger charge is 2.60. The quantitative estimate of drug-likeness (QED) is 0.731. The maximum atomic E-state index is 12.6. The third kappa shape index (κ3) is 2.30. The molecular weight excluding hydrogens is 264 g/mol. The molecule has 116 valence electrons. The van der Waals surface area contributed by atoms with Crippen LogP contribution in [0.3, 0.4) is 0 Å². The summed E-state index contributed by atoms with van der Waals surface area (Å²) in [5, 5.41) is 0. The number of carbonyl (C=O) groups is 2. The van der Waals surface area contributed by atoms with Crippen LogP contribution >= 0.6 is 0 Å². The predicted molar refractivity (Wildman–Crippen MR) is 80.9 cm³/mol. The Balaban J connectivity index is 1.93. The van der Waals surface area contributed by atoms with Crippen molar-refractivity contribution in [3.63, 3.8) is 0 Å². The van der Waals surface area contributed by atoms with E-state index in [1.54, 1.807) is 6.08 Å². The summed E-state index contributed by atoms with van der Waals surface area (Å²) in [5.74, 6) is 0.543. The second-order valence-electron chi connectivity index (χ2n) is 8.06. The number of allylic oxidation sites excluding steroid dienone is 1. The van der Waals surface area contributed by atoms with Crippen molar-refractivity contribution in [1.29, 1.82) is 0 Å². The normalized spacial score (nSPS) is 39.7. The number of hydrogen-bond donors (Lipinski definition) is 0. The molecule has 1 saturated carbocycles. The first-order valence-electron chi connectivity index (χ1n) is 8.22. The van der Waals surface area contributed by atoms with E-state index in [4.69, 9.17) is 4.74 Å². The minimum absolute atomic E-state index is 0.0343. The molecule has 0 aromatic carbocycles. The van der Waals surface area contributed by atoms with Crippen molar-refractivity contribution >= 4 is 11.6 Å². The highest BCUT2D eigenvalue weighted by atomic mass is 16.5. The van der Waals surface area contributed by atoms with E-state index < -0.39 is 0 Å². The van der Waals surface area contributed by atoms with Gasteiger partial charge in [-0.05, 0) is 36.7 Å². The lowest BCUT2D eigenvalue weighted by Gasteiger charge is -2.48. The molecule has 0 aromatic rings. The van der Waals surface area contributed by atoms with E-state index in [0.717, 1.165) is 19.3 Å². The molecule has 0 N–H and O–H groups in total. The maximum absolute atomic E-state index is 12.6. The Morgan fingerprint density at radius 3 is 2.71 bits per heavy atom. The van der Waals surface area contributed by atoms with Gasteiger partial charge in [0.1, 0.15) is 0 Å². The van der Waals surface area contributed by atoms with Gasteiger partial charge in [0, 0.05) is 17.9 Å². The molecule has 21 heavy (non-hydrogen) atoms. The first-order valence-corrected chi connectivity index (χ1v) is 8.22. The van der Waals surface area contributed by atoms with Crippen LogP contribution < -0.4 is 0 Å². The number of ketones is 2. The molecule has 1 aliphatic carbocycles. The molecule has 0 aromatic heterocycles. The Kier molecular flexibility index (Phi) is 3.40. The second kappa shape index (κ2) is 4.77. The molecule has 1 spiro atoms. The van der Waals surface area contributed by atoms with Gasteiger partial charge in [0.15, 0.2) is 11.6 Å². The molecule has 3 fully saturated rings. The van der Waals surface area contributed by atoms with Crippen molar-refractivity contribution < 1.29 is 14.3 Å². The Morgan fingerprint density at radius 1 is 1.33 bits per heavy atom. The van der Waals surface area contributed by atoms with Crippen LogP contribution in [-0.2, 0) is 14.3 Å². The number of Topliss-reactive ketones (excluding diaryl/α,β-unsaturated/α-hetero) is 1. The van der Waals surface area contributed by atoms with Crippen molar-refractivity contribution in [2.75, 3.05) is 0 Å². The van der Waals surface area contributed by atoms with Gasteiger partial charge in [-0.25, -0.2) is 0 Å². The third-order valence-electron chi connectivity index (χ3n) is 5.82. The monoisotopic (exact) mass is 290 g/mol. The topological polar surface area (TPSA) is 43.4 Å². The smallest absolute Gasteiger partial charge is 0.164 e. The van der Waals surface area contributed by atoms with Crippen LogP contribution in [0.15, 0.2) is 11.6 Å². The van der Waals surface area contributed by atoms with Crippen molar-refractivity contribution in [1.82, 2.24) is 0 Å². The summed E-state index contributed by atoms with van der Waals surface area (Å²) >= 11 is 0. The van der Waals surface area contributed by atoms with Crippen molar-refractivity contribution in [3.8, 4) is 0 Å². The lowest BCUT2D eigenvalue weighted by molar-refractivity contribution is -0.145. The van der Waals surface area contributed by atoms with Gasteiger partial charge in [-0.1, -0.05) is 34.1 Å². The summed E-state index contributed by atoms with van der Waals surface area (Å²) in [5.41, 5.74) is 0.608. The summed E-state index contributed by atoms with van der Waals surface area (Å²) in [6.45, 7) is 8.34. The predicted octanol–water partition coefficient (Wildman–Crippen LogP) is 3.46. The van der Waals surface area contributed by atoms with E-state index in [2.05, 4.69) is 13.8 Å².